The van der Waals surface area contributed by atoms with Gasteiger partial charge in [-0.15, -0.1) is 0 Å². The molecule has 3 heterocycles. The average Bonchev–Trinajstić information content (AvgIpc) is 3.62. The Hall–Kier alpha value is -4.87. The molecule has 3 atom stereocenters. The Morgan fingerprint density at radius 3 is 2.38 bits per heavy atom. The van der Waals surface area contributed by atoms with Crippen molar-refractivity contribution in [2.24, 2.45) is 0 Å². The van der Waals surface area contributed by atoms with Crippen molar-refractivity contribution in [3.63, 3.8) is 0 Å². The van der Waals surface area contributed by atoms with E-state index in [4.69, 9.17) is 0 Å². The molecular formula is C34H32N4O6S. The molecule has 3 aromatic carbocycles. The molecule has 0 radical (unpaired) electrons. The van der Waals surface area contributed by atoms with Crippen LogP contribution in [0, 0.1) is 0 Å². The molecule has 45 heavy (non-hydrogen) atoms. The number of hydrogen-bond donors (Lipinski definition) is 2. The third-order valence-electron chi connectivity index (χ3n) is 8.28. The van der Waals surface area contributed by atoms with Gasteiger partial charge in [0.2, 0.25) is 15.9 Å². The predicted octanol–water partition coefficient (Wildman–Crippen LogP) is 3.18. The summed E-state index contributed by atoms with van der Waals surface area (Å²) in [5, 5.41) is 12.9. The Balaban J connectivity index is 1.22. The van der Waals surface area contributed by atoms with Crippen LogP contribution in [0.3, 0.4) is 0 Å². The highest BCUT2D eigenvalue weighted by Crippen LogP contribution is 2.33. The highest BCUT2D eigenvalue weighted by Gasteiger charge is 2.54. The predicted molar refractivity (Wildman–Crippen MR) is 167 cm³/mol. The van der Waals surface area contributed by atoms with Crippen molar-refractivity contribution < 1.29 is 27.9 Å². The van der Waals surface area contributed by atoms with Crippen LogP contribution < -0.4 is 5.32 Å². The van der Waals surface area contributed by atoms with Crippen LogP contribution in [0.5, 0.6) is 5.75 Å². The first-order chi connectivity index (χ1) is 21.7. The zero-order chi connectivity index (χ0) is 31.6. The number of benzene rings is 3. The van der Waals surface area contributed by atoms with Gasteiger partial charge in [-0.25, -0.2) is 8.42 Å². The fourth-order valence-corrected chi connectivity index (χ4v) is 7.81. The number of hydrogen-bond acceptors (Lipinski definition) is 7. The second-order valence-electron chi connectivity index (χ2n) is 11.3. The van der Waals surface area contributed by atoms with Crippen LogP contribution in [0.15, 0.2) is 103 Å². The van der Waals surface area contributed by atoms with Crippen LogP contribution in [0.4, 0.5) is 0 Å². The van der Waals surface area contributed by atoms with E-state index in [0.717, 1.165) is 11.1 Å². The number of carbonyl (C=O) groups is 3. The summed E-state index contributed by atoms with van der Waals surface area (Å²) in [6.07, 6.45) is 1.86. The number of phenols is 1. The topological polar surface area (TPSA) is 137 Å². The zero-order valence-corrected chi connectivity index (χ0v) is 25.1. The lowest BCUT2D eigenvalue weighted by atomic mass is 10.0. The van der Waals surface area contributed by atoms with Gasteiger partial charge < -0.3 is 15.3 Å². The number of fused-ring (bicyclic) bond motifs is 1. The number of Topliss-reactive ketones (excluding diaryl/α,β-unsaturated/α-hetero) is 1. The molecular weight excluding hydrogens is 592 g/mol. The molecule has 2 aliphatic rings. The number of ketones is 1. The number of sulfonamides is 1. The minimum atomic E-state index is -3.89. The standard InChI is InChI=1S/C34H32N4O6S/c39-28-11-6-7-23(19-28)20-29(36-33(41)26-14-12-25(13-15-26)24-8-2-1-3-9-24)34(42)37-18-16-30-32(37)31(40)21-38(30)45(43,44)22-27-10-4-5-17-35-27/h1-15,17,19,29-30,32,39H,16,18,20-22H2,(H,36,41). The zero-order valence-electron chi connectivity index (χ0n) is 24.3. The molecule has 0 spiro atoms. The van der Waals surface area contributed by atoms with E-state index < -0.39 is 40.0 Å². The largest absolute Gasteiger partial charge is 0.508 e. The Labute approximate surface area is 261 Å². The van der Waals surface area contributed by atoms with Crippen molar-refractivity contribution in [3.05, 3.63) is 120 Å². The second-order valence-corrected chi connectivity index (χ2v) is 13.2. The van der Waals surface area contributed by atoms with Gasteiger partial charge in [-0.2, -0.15) is 4.31 Å². The Morgan fingerprint density at radius 2 is 1.67 bits per heavy atom. The average molecular weight is 625 g/mol. The number of pyridine rings is 1. The summed E-state index contributed by atoms with van der Waals surface area (Å²) in [5.41, 5.74) is 3.27. The van der Waals surface area contributed by atoms with Crippen molar-refractivity contribution in [2.75, 3.05) is 13.1 Å². The summed E-state index contributed by atoms with van der Waals surface area (Å²) in [5.74, 6) is -1.66. The molecule has 2 N–H and O–H groups in total. The molecule has 2 aliphatic heterocycles. The van der Waals surface area contributed by atoms with E-state index in [1.807, 2.05) is 42.5 Å². The number of rotatable bonds is 9. The maximum absolute atomic E-state index is 14.1. The maximum atomic E-state index is 14.1. The SMILES string of the molecule is O=C(NC(Cc1cccc(O)c1)C(=O)N1CCC2C1C(=O)CN2S(=O)(=O)Cc1ccccn1)c1ccc(-c2ccccc2)cc1. The van der Waals surface area contributed by atoms with Gasteiger partial charge in [-0.1, -0.05) is 60.7 Å². The molecule has 0 aliphatic carbocycles. The Kier molecular flexibility index (Phi) is 8.46. The quantitative estimate of drug-likeness (QED) is 0.292. The molecule has 2 fully saturated rings. The maximum Gasteiger partial charge on any atom is 0.251 e. The summed E-state index contributed by atoms with van der Waals surface area (Å²) < 4.78 is 27.9. The number of nitrogens with one attached hydrogen (secondary N) is 1. The third-order valence-corrected chi connectivity index (χ3v) is 10.1. The summed E-state index contributed by atoms with van der Waals surface area (Å²) in [6, 6.07) is 25.4. The van der Waals surface area contributed by atoms with Crippen LogP contribution >= 0.6 is 0 Å². The second kappa shape index (κ2) is 12.6. The number of aromatic hydroxyl groups is 1. The van der Waals surface area contributed by atoms with E-state index >= 15 is 0 Å². The highest BCUT2D eigenvalue weighted by atomic mass is 32.2. The smallest absolute Gasteiger partial charge is 0.251 e. The monoisotopic (exact) mass is 624 g/mol. The first kappa shape index (κ1) is 30.2. The number of nitrogens with zero attached hydrogens (tertiary/aromatic N) is 3. The van der Waals surface area contributed by atoms with Gasteiger partial charge in [-0.3, -0.25) is 19.4 Å². The van der Waals surface area contributed by atoms with Crippen LogP contribution in [0.2, 0.25) is 0 Å². The molecule has 3 unspecified atom stereocenters. The van der Waals surface area contributed by atoms with Crippen LogP contribution in [-0.4, -0.2) is 76.5 Å². The molecule has 4 aromatic rings. The number of aromatic nitrogens is 1. The highest BCUT2D eigenvalue weighted by molar-refractivity contribution is 7.88. The lowest BCUT2D eigenvalue weighted by Crippen LogP contribution is -2.53. The fourth-order valence-electron chi connectivity index (χ4n) is 6.14. The van der Waals surface area contributed by atoms with Gasteiger partial charge in [0.1, 0.15) is 23.6 Å². The molecule has 11 heteroatoms. The number of likely N-dealkylation sites (tertiary alicyclic amines) is 1. The lowest BCUT2D eigenvalue weighted by Gasteiger charge is -2.28. The molecule has 0 bridgehead atoms. The normalized spacial score (nSPS) is 18.8. The summed E-state index contributed by atoms with van der Waals surface area (Å²) in [6.45, 7) is -0.167. The van der Waals surface area contributed by atoms with E-state index in [1.165, 1.54) is 27.5 Å². The lowest BCUT2D eigenvalue weighted by molar-refractivity contribution is -0.138. The number of carbonyl (C=O) groups excluding carboxylic acids is 3. The van der Waals surface area contributed by atoms with Crippen molar-refractivity contribution in [3.8, 4) is 16.9 Å². The Morgan fingerprint density at radius 1 is 0.933 bits per heavy atom. The van der Waals surface area contributed by atoms with E-state index in [-0.39, 0.29) is 43.2 Å². The van der Waals surface area contributed by atoms with Gasteiger partial charge >= 0.3 is 0 Å². The first-order valence-electron chi connectivity index (χ1n) is 14.7. The van der Waals surface area contributed by atoms with Gasteiger partial charge in [0, 0.05) is 24.7 Å². The molecule has 0 saturated carbocycles. The molecule has 6 rings (SSSR count). The number of phenolic OH excluding ortho intramolecular Hbond substituents is 1. The van der Waals surface area contributed by atoms with Crippen LogP contribution in [0.1, 0.15) is 28.0 Å². The summed E-state index contributed by atoms with van der Waals surface area (Å²) >= 11 is 0. The minimum absolute atomic E-state index is 0.0162. The minimum Gasteiger partial charge on any atom is -0.508 e. The van der Waals surface area contributed by atoms with E-state index in [9.17, 15) is 27.9 Å². The third kappa shape index (κ3) is 6.50. The van der Waals surface area contributed by atoms with Gasteiger partial charge in [0.25, 0.3) is 5.91 Å². The number of amides is 2. The summed E-state index contributed by atoms with van der Waals surface area (Å²) in [7, 11) is -3.89. The first-order valence-corrected chi connectivity index (χ1v) is 16.3. The Bertz CT molecular complexity index is 1820. The van der Waals surface area contributed by atoms with Crippen LogP contribution in [0.25, 0.3) is 11.1 Å². The van der Waals surface area contributed by atoms with Gasteiger partial charge in [0.15, 0.2) is 5.78 Å². The van der Waals surface area contributed by atoms with Crippen molar-refractivity contribution in [1.29, 1.82) is 0 Å². The summed E-state index contributed by atoms with van der Waals surface area (Å²) in [4.78, 5) is 46.3. The van der Waals surface area contributed by atoms with Crippen LogP contribution in [-0.2, 0) is 31.8 Å². The molecule has 1 aromatic heterocycles. The van der Waals surface area contributed by atoms with Crippen molar-refractivity contribution >= 4 is 27.6 Å². The van der Waals surface area contributed by atoms with Crippen molar-refractivity contribution in [1.82, 2.24) is 19.5 Å². The van der Waals surface area contributed by atoms with E-state index in [2.05, 4.69) is 10.3 Å². The van der Waals surface area contributed by atoms with E-state index in [0.29, 0.717) is 16.8 Å². The molecule has 10 nitrogen and oxygen atoms in total. The van der Waals surface area contributed by atoms with Crippen molar-refractivity contribution in [2.45, 2.75) is 36.7 Å². The molecule has 2 amide bonds. The fraction of sp³-hybridized carbons (Fsp3) is 0.235. The van der Waals surface area contributed by atoms with Gasteiger partial charge in [0.05, 0.1) is 18.3 Å². The molecule has 230 valence electrons. The molecule has 2 saturated heterocycles. The van der Waals surface area contributed by atoms with Gasteiger partial charge in [-0.05, 0) is 59.5 Å². The van der Waals surface area contributed by atoms with E-state index in [1.54, 1.807) is 42.5 Å².